The molecule has 0 saturated carbocycles. The van der Waals surface area contributed by atoms with Crippen LogP contribution in [0.3, 0.4) is 0 Å². The average Bonchev–Trinajstić information content (AvgIpc) is 3.67. The summed E-state index contributed by atoms with van der Waals surface area (Å²) in [4.78, 5) is 0. The number of ether oxygens (including phenoxy) is 4. The van der Waals surface area contributed by atoms with E-state index in [2.05, 4.69) is 0 Å². The first-order valence-electron chi connectivity index (χ1n) is 20.7. The van der Waals surface area contributed by atoms with Crippen molar-refractivity contribution in [2.24, 2.45) is 0 Å². The Bertz CT molecular complexity index is 2140. The molecule has 0 unspecified atom stereocenters. The normalized spacial score (nSPS) is 30.4. The van der Waals surface area contributed by atoms with E-state index in [1.54, 1.807) is 0 Å². The van der Waals surface area contributed by atoms with Gasteiger partial charge in [0, 0.05) is 7.11 Å². The van der Waals surface area contributed by atoms with E-state index in [0.717, 1.165) is 27.3 Å². The molecule has 5 fully saturated rings. The monoisotopic (exact) mass is 822 g/mol. The van der Waals surface area contributed by atoms with E-state index in [1.807, 2.05) is 152 Å². The van der Waals surface area contributed by atoms with Gasteiger partial charge in [-0.15, -0.1) is 0 Å². The Labute approximate surface area is 356 Å². The van der Waals surface area contributed by atoms with Crippen molar-refractivity contribution >= 4 is 62.9 Å². The minimum Gasteiger partial charge on any atom is -0.443 e. The lowest BCUT2D eigenvalue weighted by Crippen LogP contribution is -2.69. The lowest BCUT2D eigenvalue weighted by molar-refractivity contribution is -0.350. The Morgan fingerprint density at radius 3 is 1.31 bits per heavy atom. The number of rotatable bonds is 9. The Kier molecular flexibility index (Phi) is 12.6. The van der Waals surface area contributed by atoms with Crippen LogP contribution in [0.25, 0.3) is 0 Å². The van der Waals surface area contributed by atoms with Gasteiger partial charge in [0.1, 0.15) is 36.6 Å². The summed E-state index contributed by atoms with van der Waals surface area (Å²) in [6.07, 6.45) is -9.08. The Balaban J connectivity index is 1.03. The van der Waals surface area contributed by atoms with Crippen LogP contribution in [0.4, 0.5) is 0 Å². The molecule has 308 valence electrons. The molecule has 5 heterocycles. The highest BCUT2D eigenvalue weighted by atomic mass is 16.8. The van der Waals surface area contributed by atoms with Gasteiger partial charge < -0.3 is 61.1 Å². The molecule has 0 spiro atoms. The van der Waals surface area contributed by atoms with Crippen LogP contribution in [0.2, 0.25) is 0 Å². The number of aliphatic hydroxyl groups is 1. The number of benzene rings is 5. The van der Waals surface area contributed by atoms with E-state index < -0.39 is 104 Å². The number of aliphatic hydroxyl groups excluding tert-OH is 1. The summed E-state index contributed by atoms with van der Waals surface area (Å²) >= 11 is 0. The van der Waals surface area contributed by atoms with Gasteiger partial charge in [0.2, 0.25) is 0 Å². The maximum atomic E-state index is 11.0. The molecule has 0 amide bonds. The fourth-order valence-corrected chi connectivity index (χ4v) is 8.56. The third-order valence-corrected chi connectivity index (χ3v) is 11.6. The van der Waals surface area contributed by atoms with E-state index in [4.69, 9.17) is 56.0 Å². The third-order valence-electron chi connectivity index (χ3n) is 11.6. The first-order valence-corrected chi connectivity index (χ1v) is 20.7. The van der Waals surface area contributed by atoms with Gasteiger partial charge in [-0.1, -0.05) is 152 Å². The summed E-state index contributed by atoms with van der Waals surface area (Å²) in [6.45, 7) is -0.294. The highest BCUT2D eigenvalue weighted by Gasteiger charge is 2.60. The minimum atomic E-state index is -1.16. The summed E-state index contributed by atoms with van der Waals surface area (Å²) < 4.78 is 80.3. The number of methoxy groups -OCH3 is 1. The Hall–Kier alpha value is -4.10. The van der Waals surface area contributed by atoms with Crippen molar-refractivity contribution in [2.45, 2.75) is 61.4 Å². The Morgan fingerprint density at radius 2 is 0.869 bits per heavy atom. The summed E-state index contributed by atoms with van der Waals surface area (Å²) in [5.74, 6) is 0. The van der Waals surface area contributed by atoms with Crippen LogP contribution in [0.1, 0.15) is 0 Å². The van der Waals surface area contributed by atoms with Gasteiger partial charge in [0.15, 0.2) is 12.6 Å². The lowest BCUT2D eigenvalue weighted by atomic mass is 9.71. The molecule has 5 saturated heterocycles. The van der Waals surface area contributed by atoms with E-state index in [-0.39, 0.29) is 6.61 Å². The van der Waals surface area contributed by atoms with Crippen LogP contribution < -0.4 is 27.3 Å². The molecule has 0 radical (unpaired) electrons. The van der Waals surface area contributed by atoms with Gasteiger partial charge in [0.25, 0.3) is 0 Å². The second kappa shape index (κ2) is 18.7. The van der Waals surface area contributed by atoms with Crippen LogP contribution in [0, 0.1) is 0 Å². The minimum absolute atomic E-state index is 0.153. The fourth-order valence-electron chi connectivity index (χ4n) is 8.56. The summed E-state index contributed by atoms with van der Waals surface area (Å²) in [5.41, 5.74) is 3.92. The van der Waals surface area contributed by atoms with Crippen LogP contribution in [0.15, 0.2) is 152 Å². The summed E-state index contributed by atoms with van der Waals surface area (Å²) in [7, 11) is -2.76. The topological polar surface area (TPSA) is 131 Å². The van der Waals surface area contributed by atoms with Crippen molar-refractivity contribution in [1.29, 1.82) is 0 Å². The van der Waals surface area contributed by atoms with Gasteiger partial charge in [-0.2, -0.15) is 0 Å². The van der Waals surface area contributed by atoms with Crippen molar-refractivity contribution in [1.82, 2.24) is 0 Å². The quantitative estimate of drug-likeness (QED) is 0.207. The molecule has 18 heteroatoms. The first-order chi connectivity index (χ1) is 30.1. The zero-order valence-corrected chi connectivity index (χ0v) is 33.4. The molecule has 13 nitrogen and oxygen atoms in total. The van der Waals surface area contributed by atoms with E-state index in [0.29, 0.717) is 0 Å². The standard InChI is InChI=1S/C43H43B5O13/c1-50-42-40-38(56-45(30-19-9-3-10-20-30)60-47(58-40)32-23-13-5-14-24-32)36(34(27-49)52-42)54-43-41-39(37-35(53-43)28-51-44(55-37)29-17-7-2-8-18-29)57-46(31-21-11-4-12-22-31)61-48(59-41)33-25-15-6-16-26-33/h2-26,34-43,49H,27-28H2,1H3/t34-,35-,36-,37-,38+,39+,40-,41-,42-,43+/m1/s1. The maximum Gasteiger partial charge on any atom is 0.494 e. The van der Waals surface area contributed by atoms with Gasteiger partial charge in [-0.05, 0) is 27.3 Å². The molecule has 5 aromatic carbocycles. The third kappa shape index (κ3) is 8.67. The smallest absolute Gasteiger partial charge is 0.443 e. The predicted molar refractivity (Wildman–Crippen MR) is 228 cm³/mol. The number of hydrogen-bond donors (Lipinski definition) is 1. The van der Waals surface area contributed by atoms with Crippen molar-refractivity contribution in [3.05, 3.63) is 152 Å². The molecule has 5 aliphatic rings. The fraction of sp³-hybridized carbons (Fsp3) is 0.302. The van der Waals surface area contributed by atoms with Gasteiger partial charge in [0.05, 0.1) is 25.4 Å². The van der Waals surface area contributed by atoms with Crippen molar-refractivity contribution < 1.29 is 61.1 Å². The van der Waals surface area contributed by atoms with Gasteiger partial charge in [-0.3, -0.25) is 0 Å². The molecular formula is C43H43B5O13. The molecule has 1 N–H and O–H groups in total. The molecule has 10 atom stereocenters. The molecule has 5 aliphatic heterocycles. The zero-order valence-electron chi connectivity index (χ0n) is 33.4. The van der Waals surface area contributed by atoms with Gasteiger partial charge >= 0.3 is 35.6 Å². The van der Waals surface area contributed by atoms with E-state index in [1.165, 1.54) is 7.11 Å². The molecule has 0 bridgehead atoms. The SMILES string of the molecule is CO[C@@H]1O[C@H](CO)[C@@H](O[C@@H]2O[C@@H]3COB(c4ccccc4)O[C@H]3[C@@H]3OB(c4ccccc4)OB(c4ccccc4)O[C@@H]23)[C@@H]2OB(c3ccccc3)OB(c3ccccc3)O[C@@H]12. The van der Waals surface area contributed by atoms with E-state index in [9.17, 15) is 5.11 Å². The van der Waals surface area contributed by atoms with Crippen molar-refractivity contribution in [3.63, 3.8) is 0 Å². The summed E-state index contributed by atoms with van der Waals surface area (Å²) in [5, 5.41) is 11.0. The summed E-state index contributed by atoms with van der Waals surface area (Å²) in [6, 6.07) is 48.2. The second-order valence-electron chi connectivity index (χ2n) is 15.4. The van der Waals surface area contributed by atoms with Crippen molar-refractivity contribution in [2.75, 3.05) is 20.3 Å². The molecule has 10 rings (SSSR count). The lowest BCUT2D eigenvalue weighted by Gasteiger charge is -2.51. The first kappa shape index (κ1) is 40.9. The van der Waals surface area contributed by atoms with E-state index >= 15 is 0 Å². The Morgan fingerprint density at radius 1 is 0.475 bits per heavy atom. The van der Waals surface area contributed by atoms with Crippen LogP contribution in [-0.4, -0.2) is 122 Å². The molecule has 61 heavy (non-hydrogen) atoms. The maximum absolute atomic E-state index is 11.0. The average molecular weight is 822 g/mol. The van der Waals surface area contributed by atoms with Crippen LogP contribution in [0.5, 0.6) is 0 Å². The van der Waals surface area contributed by atoms with Crippen LogP contribution >= 0.6 is 0 Å². The van der Waals surface area contributed by atoms with Crippen molar-refractivity contribution in [3.8, 4) is 0 Å². The number of fused-ring (bicyclic) bond motifs is 4. The predicted octanol–water partition coefficient (Wildman–Crippen LogP) is 0.454. The molecule has 0 aliphatic carbocycles. The molecular weight excluding hydrogens is 779 g/mol. The number of hydrogen-bond acceptors (Lipinski definition) is 13. The highest BCUT2D eigenvalue weighted by molar-refractivity contribution is 6.75. The van der Waals surface area contributed by atoms with Gasteiger partial charge in [-0.25, -0.2) is 0 Å². The zero-order chi connectivity index (χ0) is 41.1. The molecule has 0 aromatic heterocycles. The highest BCUT2D eigenvalue weighted by Crippen LogP contribution is 2.38. The largest absolute Gasteiger partial charge is 0.494 e. The molecule has 5 aromatic rings. The second-order valence-corrected chi connectivity index (χ2v) is 15.4. The van der Waals surface area contributed by atoms with Crippen LogP contribution in [-0.2, 0) is 56.0 Å².